The second-order valence-corrected chi connectivity index (χ2v) is 32.2. The fraction of sp³-hybridized carbons (Fsp3) is 0.301. The van der Waals surface area contributed by atoms with Crippen molar-refractivity contribution in [3.8, 4) is 50.8 Å². The molecule has 0 spiro atoms. The number of hydrogen-bond donors (Lipinski definition) is 6. The molecule has 8 aliphatic heterocycles. The lowest BCUT2D eigenvalue weighted by atomic mass is 10.1. The maximum absolute atomic E-state index is 13.5. The summed E-state index contributed by atoms with van der Waals surface area (Å²) in [4.78, 5) is 119. The highest BCUT2D eigenvalue weighted by atomic mass is 19.4. The standard InChI is InChI=1S/C26H25F3N4O4.2C23H24N6O.C21H21N7O/c27-26(28,29)17-4-1-3-16(11-17)22-7-8-23-24(31-22)33(19-9-10-32(23)13-19)25(36)30-18-5-2-6-21(12-18)37-15-20(35)14-34;2*1-15-13-17(8-11-24-15)20-6-7-21-22(27-20)29(18-9-12-28(21)14-18)23(30)26-16(2)19-5-3-4-10-25-19;1-13-9-15(10-24-14(13)2)17-3-4-18-20(25-17)28(16-5-8-27(18)12-16)21(29)26-19-11-22-6-7-23-19/h1-8,11-12,19-20,34-35H,9-10,13-15H2,(H,30,36);2*3-8,10-11,13,16,18H,9,12,14H2,1-2H3,(H,26,30);3-4,6-7,9-11,16H,5,8,12H2,1-2H3,(H,23,26,29)/t19-,20-;16-,18+;16-,18-;16-/m0100/s1. The number of aromatic nitrogens is 11. The average Bonchev–Trinajstić information content (AvgIpc) is 1.55. The summed E-state index contributed by atoms with van der Waals surface area (Å²) < 4.78 is 45.2. The van der Waals surface area contributed by atoms with Crippen LogP contribution in [-0.2, 0) is 6.18 Å². The summed E-state index contributed by atoms with van der Waals surface area (Å²) in [7, 11) is 0. The molecule has 12 aromatic rings. The van der Waals surface area contributed by atoms with Gasteiger partial charge in [-0.2, -0.15) is 13.2 Å². The first-order valence-corrected chi connectivity index (χ1v) is 42.0. The molecule has 8 bridgehead atoms. The van der Waals surface area contributed by atoms with Crippen LogP contribution >= 0.6 is 0 Å². The van der Waals surface area contributed by atoms with Gasteiger partial charge in [0.2, 0.25) is 0 Å². The van der Waals surface area contributed by atoms with E-state index < -0.39 is 30.5 Å². The zero-order valence-corrected chi connectivity index (χ0v) is 70.2. The number of anilines is 10. The zero-order valence-electron chi connectivity index (χ0n) is 70.2. The van der Waals surface area contributed by atoms with Crippen molar-refractivity contribution in [3.63, 3.8) is 0 Å². The number of rotatable bonds is 14. The lowest BCUT2D eigenvalue weighted by Crippen LogP contribution is -2.51. The summed E-state index contributed by atoms with van der Waals surface area (Å²) in [5.41, 5.74) is 15.2. The molecule has 33 heteroatoms. The van der Waals surface area contributed by atoms with Crippen LogP contribution in [0.1, 0.15) is 91.2 Å². The fourth-order valence-corrected chi connectivity index (χ4v) is 17.1. The Labute approximate surface area is 725 Å². The van der Waals surface area contributed by atoms with Gasteiger partial charge in [0.15, 0.2) is 29.1 Å². The van der Waals surface area contributed by atoms with Gasteiger partial charge in [-0.3, -0.25) is 54.8 Å². The van der Waals surface area contributed by atoms with E-state index in [1.165, 1.54) is 12.3 Å². The highest BCUT2D eigenvalue weighted by Gasteiger charge is 2.46. The van der Waals surface area contributed by atoms with Crippen LogP contribution in [0.5, 0.6) is 5.75 Å². The second-order valence-electron chi connectivity index (χ2n) is 32.2. The summed E-state index contributed by atoms with van der Waals surface area (Å²) in [5, 5.41) is 30.4. The van der Waals surface area contributed by atoms with Crippen LogP contribution in [-0.4, -0.2) is 185 Å². The number of halogens is 3. The molecule has 4 saturated heterocycles. The fourth-order valence-electron chi connectivity index (χ4n) is 17.1. The topological polar surface area (TPSA) is 334 Å². The minimum absolute atomic E-state index is 0.0831. The van der Waals surface area contributed by atoms with Crippen LogP contribution in [0.4, 0.5) is 89.9 Å². The Hall–Kier alpha value is -14.3. The molecule has 126 heavy (non-hydrogen) atoms. The normalized spacial score (nSPS) is 17.7. The minimum Gasteiger partial charge on any atom is -0.491 e. The van der Waals surface area contributed by atoms with Crippen molar-refractivity contribution in [1.82, 2.24) is 65.5 Å². The number of benzene rings is 2. The molecule has 0 aliphatic carbocycles. The number of aliphatic hydroxyl groups excluding tert-OH is 2. The van der Waals surface area contributed by atoms with E-state index in [0.29, 0.717) is 46.7 Å². The summed E-state index contributed by atoms with van der Waals surface area (Å²) in [6, 6.07) is 47.7. The van der Waals surface area contributed by atoms with E-state index in [4.69, 9.17) is 24.8 Å². The van der Waals surface area contributed by atoms with Gasteiger partial charge in [-0.1, -0.05) is 30.3 Å². The smallest absolute Gasteiger partial charge is 0.416 e. The van der Waals surface area contributed by atoms with Gasteiger partial charge in [-0.05, 0) is 200 Å². The molecule has 30 nitrogen and oxygen atoms in total. The third-order valence-electron chi connectivity index (χ3n) is 23.7. The number of alkyl halides is 3. The number of pyridine rings is 9. The summed E-state index contributed by atoms with van der Waals surface area (Å²) in [6.45, 7) is 18.0. The summed E-state index contributed by atoms with van der Waals surface area (Å²) in [5.74, 6) is 3.34. The Bertz CT molecular complexity index is 5840. The van der Waals surface area contributed by atoms with Gasteiger partial charge < -0.3 is 50.5 Å². The first-order valence-electron chi connectivity index (χ1n) is 42.0. The van der Waals surface area contributed by atoms with Crippen molar-refractivity contribution in [1.29, 1.82) is 0 Å². The van der Waals surface area contributed by atoms with Crippen LogP contribution < -0.4 is 65.2 Å². The molecular formula is C93H94F3N23O7. The van der Waals surface area contributed by atoms with Crippen molar-refractivity contribution >= 4 is 81.7 Å². The van der Waals surface area contributed by atoms with Crippen molar-refractivity contribution in [3.05, 3.63) is 253 Å². The first-order chi connectivity index (χ1) is 61.0. The molecule has 0 unspecified atom stereocenters. The lowest BCUT2D eigenvalue weighted by Gasteiger charge is -2.36. The molecule has 7 atom stereocenters. The van der Waals surface area contributed by atoms with Gasteiger partial charge in [0.05, 0.1) is 112 Å². The molecule has 8 aliphatic rings. The van der Waals surface area contributed by atoms with Crippen LogP contribution in [0.25, 0.3) is 45.0 Å². The molecule has 10 aromatic heterocycles. The number of hydrogen-bond acceptors (Lipinski definition) is 22. The number of carbonyl (C=O) groups is 4. The third-order valence-corrected chi connectivity index (χ3v) is 23.7. The quantitative estimate of drug-likeness (QED) is 0.0589. The van der Waals surface area contributed by atoms with E-state index in [9.17, 15) is 37.5 Å². The third kappa shape index (κ3) is 18.1. The minimum atomic E-state index is -4.48. The first kappa shape index (κ1) is 83.9. The molecule has 2 aromatic carbocycles. The molecule has 20 rings (SSSR count). The number of urea groups is 4. The molecule has 6 N–H and O–H groups in total. The van der Waals surface area contributed by atoms with Gasteiger partial charge in [-0.25, -0.2) is 44.1 Å². The lowest BCUT2D eigenvalue weighted by molar-refractivity contribution is -0.137. The van der Waals surface area contributed by atoms with Gasteiger partial charge in [0.25, 0.3) is 0 Å². The molecular weight excluding hydrogens is 1610 g/mol. The Morgan fingerprint density at radius 1 is 0.452 bits per heavy atom. The van der Waals surface area contributed by atoms with E-state index in [2.05, 4.69) is 105 Å². The number of fused-ring (bicyclic) bond motifs is 16. The Morgan fingerprint density at radius 3 is 1.33 bits per heavy atom. The number of nitrogens with zero attached hydrogens (tertiary/aromatic N) is 19. The maximum atomic E-state index is 13.5. The van der Waals surface area contributed by atoms with Crippen LogP contribution in [0.2, 0.25) is 0 Å². The van der Waals surface area contributed by atoms with E-state index in [0.717, 1.165) is 186 Å². The van der Waals surface area contributed by atoms with Gasteiger partial charge in [0, 0.05) is 147 Å². The number of aliphatic hydroxyl groups is 2. The Morgan fingerprint density at radius 2 is 0.905 bits per heavy atom. The van der Waals surface area contributed by atoms with E-state index >= 15 is 0 Å². The van der Waals surface area contributed by atoms with Gasteiger partial charge in [-0.15, -0.1) is 0 Å². The Kier molecular flexibility index (Phi) is 24.1. The second kappa shape index (κ2) is 36.2. The van der Waals surface area contributed by atoms with E-state index in [-0.39, 0.29) is 61.0 Å². The highest BCUT2D eigenvalue weighted by molar-refractivity contribution is 6.06. The molecule has 4 fully saturated rings. The van der Waals surface area contributed by atoms with Gasteiger partial charge >= 0.3 is 30.3 Å². The SMILES string of the molecule is Cc1cc(-c2ccc3c(n2)N(C(=O)N[C@@H](C)c2ccccn2)[C@H]2CCN3C2)ccn1.Cc1cc(-c2ccc3c(n2)N(C(=O)N[C@H](C)c2ccccn2)[C@H]2CCN3C2)ccn1.Cc1cc(-c2ccc3c(n2)N(C(=O)Nc2cnccn2)[C@H]2CCN3C2)cnc1C.O=C(Nc1cccc(OC[C@@H](O)CO)c1)N1c2nc(-c3cccc(C(F)(F)F)c3)ccc2N2CC[C@H]1C2. The molecule has 0 saturated carbocycles. The van der Waals surface area contributed by atoms with Gasteiger partial charge in [0.1, 0.15) is 18.5 Å². The highest BCUT2D eigenvalue weighted by Crippen LogP contribution is 2.46. The largest absolute Gasteiger partial charge is 0.491 e. The molecule has 18 heterocycles. The van der Waals surface area contributed by atoms with Crippen LogP contribution in [0.3, 0.4) is 0 Å². The number of nitrogens with one attached hydrogen (secondary N) is 4. The van der Waals surface area contributed by atoms with Crippen LogP contribution in [0, 0.1) is 27.7 Å². The number of aryl methyl sites for hydroxylation is 4. The Balaban J connectivity index is 0.000000119. The van der Waals surface area contributed by atoms with Crippen molar-refractivity contribution in [2.24, 2.45) is 0 Å². The summed E-state index contributed by atoms with van der Waals surface area (Å²) in [6.07, 6.45) is 11.6. The van der Waals surface area contributed by atoms with Crippen molar-refractivity contribution < 1.29 is 47.3 Å². The van der Waals surface area contributed by atoms with E-state index in [1.807, 2.05) is 136 Å². The molecule has 8 amide bonds. The number of carbonyl (C=O) groups excluding carboxylic acids is 4. The number of ether oxygens (including phenoxy) is 1. The average molecular weight is 1700 g/mol. The summed E-state index contributed by atoms with van der Waals surface area (Å²) >= 11 is 0. The number of amides is 8. The van der Waals surface area contributed by atoms with Crippen molar-refractivity contribution in [2.45, 2.75) is 116 Å². The monoisotopic (exact) mass is 1700 g/mol. The van der Waals surface area contributed by atoms with Crippen LogP contribution in [0.15, 0.2) is 213 Å². The van der Waals surface area contributed by atoms with E-state index in [1.54, 1.807) is 89.4 Å². The maximum Gasteiger partial charge on any atom is 0.416 e. The van der Waals surface area contributed by atoms with Crippen molar-refractivity contribution in [2.75, 3.05) is 115 Å². The molecule has 0 radical (unpaired) electrons. The predicted octanol–water partition coefficient (Wildman–Crippen LogP) is 14.7. The predicted molar refractivity (Wildman–Crippen MR) is 476 cm³/mol. The molecule has 644 valence electrons. The zero-order chi connectivity index (χ0) is 87.4.